The lowest BCUT2D eigenvalue weighted by molar-refractivity contribution is -0.136. The molecule has 0 aromatic rings. The maximum atomic E-state index is 11.4. The molecule has 0 aromatic heterocycles. The standard InChI is InChI=1S/C10H17NO2/c1-5-7-11(6-2)10(12)8-13-9(3)4/h1,9H,6-8H2,2-4H3. The van der Waals surface area contributed by atoms with Gasteiger partial charge in [0.1, 0.15) is 6.61 Å². The predicted octanol–water partition coefficient (Wildman–Crippen LogP) is 0.893. The van der Waals surface area contributed by atoms with Crippen molar-refractivity contribution in [1.82, 2.24) is 4.90 Å². The highest BCUT2D eigenvalue weighted by Crippen LogP contribution is 1.93. The first-order valence-electron chi connectivity index (χ1n) is 4.44. The molecule has 0 rings (SSSR count). The van der Waals surface area contributed by atoms with E-state index in [9.17, 15) is 4.79 Å². The summed E-state index contributed by atoms with van der Waals surface area (Å²) in [4.78, 5) is 13.0. The lowest BCUT2D eigenvalue weighted by Crippen LogP contribution is -2.34. The smallest absolute Gasteiger partial charge is 0.249 e. The Bertz CT molecular complexity index is 194. The number of likely N-dealkylation sites (N-methyl/N-ethyl adjacent to an activating group) is 1. The van der Waals surface area contributed by atoms with E-state index < -0.39 is 0 Å². The van der Waals surface area contributed by atoms with Crippen LogP contribution in [0.1, 0.15) is 20.8 Å². The summed E-state index contributed by atoms with van der Waals surface area (Å²) in [6.07, 6.45) is 5.19. The Morgan fingerprint density at radius 3 is 2.62 bits per heavy atom. The minimum atomic E-state index is -0.0471. The maximum absolute atomic E-state index is 11.4. The molecule has 0 saturated heterocycles. The molecule has 0 aliphatic rings. The van der Waals surface area contributed by atoms with Gasteiger partial charge in [0.05, 0.1) is 12.6 Å². The fourth-order valence-corrected chi connectivity index (χ4v) is 0.816. The summed E-state index contributed by atoms with van der Waals surface area (Å²) in [6.45, 7) is 6.79. The Morgan fingerprint density at radius 1 is 1.62 bits per heavy atom. The van der Waals surface area contributed by atoms with Gasteiger partial charge >= 0.3 is 0 Å². The lowest BCUT2D eigenvalue weighted by atomic mass is 10.4. The van der Waals surface area contributed by atoms with Gasteiger partial charge in [0.15, 0.2) is 0 Å². The highest BCUT2D eigenvalue weighted by Gasteiger charge is 2.10. The zero-order chi connectivity index (χ0) is 10.3. The van der Waals surface area contributed by atoms with E-state index in [0.29, 0.717) is 13.1 Å². The van der Waals surface area contributed by atoms with Crippen LogP contribution >= 0.6 is 0 Å². The predicted molar refractivity (Wildman–Crippen MR) is 52.2 cm³/mol. The van der Waals surface area contributed by atoms with Crippen molar-refractivity contribution in [3.63, 3.8) is 0 Å². The highest BCUT2D eigenvalue weighted by molar-refractivity contribution is 5.77. The topological polar surface area (TPSA) is 29.5 Å². The van der Waals surface area contributed by atoms with Crippen molar-refractivity contribution >= 4 is 5.91 Å². The molecule has 0 fully saturated rings. The third-order valence-corrected chi connectivity index (χ3v) is 1.56. The van der Waals surface area contributed by atoms with Crippen molar-refractivity contribution in [2.24, 2.45) is 0 Å². The van der Waals surface area contributed by atoms with Gasteiger partial charge in [-0.25, -0.2) is 0 Å². The molecule has 0 atom stereocenters. The number of carbonyl (C=O) groups is 1. The zero-order valence-corrected chi connectivity index (χ0v) is 8.54. The molecule has 0 spiro atoms. The summed E-state index contributed by atoms with van der Waals surface area (Å²) in [5, 5.41) is 0. The van der Waals surface area contributed by atoms with Crippen molar-refractivity contribution in [1.29, 1.82) is 0 Å². The maximum Gasteiger partial charge on any atom is 0.249 e. The van der Waals surface area contributed by atoms with Crippen LogP contribution in [0.3, 0.4) is 0 Å². The first-order chi connectivity index (χ1) is 6.11. The van der Waals surface area contributed by atoms with Gasteiger partial charge in [0.2, 0.25) is 5.91 Å². The van der Waals surface area contributed by atoms with Gasteiger partial charge in [-0.1, -0.05) is 5.92 Å². The largest absolute Gasteiger partial charge is 0.369 e. The van der Waals surface area contributed by atoms with E-state index in [2.05, 4.69) is 5.92 Å². The van der Waals surface area contributed by atoms with Gasteiger partial charge in [-0.2, -0.15) is 0 Å². The minimum Gasteiger partial charge on any atom is -0.369 e. The normalized spacial score (nSPS) is 9.77. The summed E-state index contributed by atoms with van der Waals surface area (Å²) in [5.74, 6) is 2.39. The number of hydrogen-bond acceptors (Lipinski definition) is 2. The van der Waals surface area contributed by atoms with Crippen molar-refractivity contribution in [3.05, 3.63) is 0 Å². The molecular formula is C10H17NO2. The molecule has 0 N–H and O–H groups in total. The lowest BCUT2D eigenvalue weighted by Gasteiger charge is -2.18. The van der Waals surface area contributed by atoms with Gasteiger partial charge < -0.3 is 9.64 Å². The van der Waals surface area contributed by atoms with Crippen molar-refractivity contribution in [3.8, 4) is 12.3 Å². The number of nitrogens with zero attached hydrogens (tertiary/aromatic N) is 1. The highest BCUT2D eigenvalue weighted by atomic mass is 16.5. The van der Waals surface area contributed by atoms with Crippen LogP contribution in [-0.2, 0) is 9.53 Å². The van der Waals surface area contributed by atoms with E-state index in [-0.39, 0.29) is 18.6 Å². The van der Waals surface area contributed by atoms with Crippen molar-refractivity contribution in [2.75, 3.05) is 19.7 Å². The Hall–Kier alpha value is -1.01. The number of rotatable bonds is 5. The van der Waals surface area contributed by atoms with E-state index in [1.54, 1.807) is 4.90 Å². The Kier molecular flexibility index (Phi) is 5.99. The third-order valence-electron chi connectivity index (χ3n) is 1.56. The van der Waals surface area contributed by atoms with Gasteiger partial charge in [0, 0.05) is 6.54 Å². The SMILES string of the molecule is C#CCN(CC)C(=O)COC(C)C. The summed E-state index contributed by atoms with van der Waals surface area (Å²) in [5.41, 5.74) is 0. The monoisotopic (exact) mass is 183 g/mol. The summed E-state index contributed by atoms with van der Waals surface area (Å²) >= 11 is 0. The average Bonchev–Trinajstić information content (AvgIpc) is 2.10. The second-order valence-corrected chi connectivity index (χ2v) is 2.97. The van der Waals surface area contributed by atoms with Crippen LogP contribution in [0, 0.1) is 12.3 Å². The molecule has 0 heterocycles. The van der Waals surface area contributed by atoms with E-state index in [1.807, 2.05) is 20.8 Å². The Morgan fingerprint density at radius 2 is 2.23 bits per heavy atom. The molecule has 3 nitrogen and oxygen atoms in total. The van der Waals surface area contributed by atoms with Crippen LogP contribution in [0.5, 0.6) is 0 Å². The first kappa shape index (κ1) is 12.0. The molecule has 0 aliphatic carbocycles. The van der Waals surface area contributed by atoms with Crippen LogP contribution in [0.4, 0.5) is 0 Å². The summed E-state index contributed by atoms with van der Waals surface area (Å²) in [6, 6.07) is 0. The fraction of sp³-hybridized carbons (Fsp3) is 0.700. The molecule has 13 heavy (non-hydrogen) atoms. The average molecular weight is 183 g/mol. The molecular weight excluding hydrogens is 166 g/mol. The Balaban J connectivity index is 3.86. The molecule has 0 bridgehead atoms. The van der Waals surface area contributed by atoms with Crippen molar-refractivity contribution in [2.45, 2.75) is 26.9 Å². The first-order valence-corrected chi connectivity index (χ1v) is 4.44. The Labute approximate surface area is 80.1 Å². The molecule has 0 saturated carbocycles. The summed E-state index contributed by atoms with van der Waals surface area (Å²) in [7, 11) is 0. The molecule has 0 aliphatic heterocycles. The number of amides is 1. The fourth-order valence-electron chi connectivity index (χ4n) is 0.816. The second kappa shape index (κ2) is 6.50. The van der Waals surface area contributed by atoms with Crippen LogP contribution in [-0.4, -0.2) is 36.6 Å². The quantitative estimate of drug-likeness (QED) is 0.592. The van der Waals surface area contributed by atoms with Gasteiger partial charge in [0.25, 0.3) is 0 Å². The number of ether oxygens (including phenoxy) is 1. The van der Waals surface area contributed by atoms with Gasteiger partial charge in [-0.3, -0.25) is 4.79 Å². The number of terminal acetylenes is 1. The molecule has 1 amide bonds. The zero-order valence-electron chi connectivity index (χ0n) is 8.54. The number of carbonyl (C=O) groups excluding carboxylic acids is 1. The van der Waals surface area contributed by atoms with E-state index in [1.165, 1.54) is 0 Å². The third kappa shape index (κ3) is 5.26. The molecule has 74 valence electrons. The van der Waals surface area contributed by atoms with E-state index >= 15 is 0 Å². The van der Waals surface area contributed by atoms with Crippen LogP contribution in [0.25, 0.3) is 0 Å². The van der Waals surface area contributed by atoms with E-state index in [0.717, 1.165) is 0 Å². The van der Waals surface area contributed by atoms with E-state index in [4.69, 9.17) is 11.2 Å². The summed E-state index contributed by atoms with van der Waals surface area (Å²) < 4.78 is 5.17. The molecule has 0 unspecified atom stereocenters. The van der Waals surface area contributed by atoms with Gasteiger partial charge in [-0.05, 0) is 20.8 Å². The molecule has 0 aromatic carbocycles. The van der Waals surface area contributed by atoms with Gasteiger partial charge in [-0.15, -0.1) is 6.42 Å². The second-order valence-electron chi connectivity index (χ2n) is 2.97. The number of hydrogen-bond donors (Lipinski definition) is 0. The minimum absolute atomic E-state index is 0.0471. The molecule has 0 radical (unpaired) electrons. The molecule has 3 heteroatoms. The van der Waals surface area contributed by atoms with Crippen LogP contribution < -0.4 is 0 Å². The van der Waals surface area contributed by atoms with Crippen LogP contribution in [0.15, 0.2) is 0 Å². The van der Waals surface area contributed by atoms with Crippen molar-refractivity contribution < 1.29 is 9.53 Å². The van der Waals surface area contributed by atoms with Crippen LogP contribution in [0.2, 0.25) is 0 Å².